The van der Waals surface area contributed by atoms with Crippen LogP contribution in [0.3, 0.4) is 0 Å². The first kappa shape index (κ1) is 14.0. The van der Waals surface area contributed by atoms with Crippen molar-refractivity contribution in [1.82, 2.24) is 15.0 Å². The lowest BCUT2D eigenvalue weighted by Gasteiger charge is -2.02. The molecule has 1 heterocycles. The molecule has 0 bridgehead atoms. The predicted molar refractivity (Wildman–Crippen MR) is 75.0 cm³/mol. The van der Waals surface area contributed by atoms with Crippen LogP contribution in [0.1, 0.15) is 23.9 Å². The first-order chi connectivity index (χ1) is 9.02. The molecule has 0 aliphatic carbocycles. The third kappa shape index (κ3) is 2.93. The number of nitro benzene ring substituents is 1. The summed E-state index contributed by atoms with van der Waals surface area (Å²) < 4.78 is 1.49. The van der Waals surface area contributed by atoms with Crippen molar-refractivity contribution in [3.05, 3.63) is 45.2 Å². The van der Waals surface area contributed by atoms with Gasteiger partial charge in [-0.3, -0.25) is 10.1 Å². The van der Waals surface area contributed by atoms with E-state index in [-0.39, 0.29) is 15.5 Å². The summed E-state index contributed by atoms with van der Waals surface area (Å²) in [5, 5.41) is 18.9. The molecule has 1 aromatic heterocycles. The van der Waals surface area contributed by atoms with E-state index in [1.807, 2.05) is 6.92 Å². The van der Waals surface area contributed by atoms with E-state index in [0.717, 1.165) is 12.1 Å². The van der Waals surface area contributed by atoms with Crippen LogP contribution in [0.15, 0.2) is 24.4 Å². The maximum absolute atomic E-state index is 10.8. The molecule has 8 heteroatoms. The number of alkyl halides is 1. The van der Waals surface area contributed by atoms with Gasteiger partial charge in [0.05, 0.1) is 27.3 Å². The highest BCUT2D eigenvalue weighted by molar-refractivity contribution is 9.09. The zero-order chi connectivity index (χ0) is 14.0. The Kier molecular flexibility index (Phi) is 4.16. The van der Waals surface area contributed by atoms with Crippen LogP contribution >= 0.6 is 27.5 Å². The minimum Gasteiger partial charge on any atom is -0.258 e. The monoisotopic (exact) mass is 344 g/mol. The van der Waals surface area contributed by atoms with Crippen LogP contribution < -0.4 is 0 Å². The molecular formula is C11H10BrClN4O2. The van der Waals surface area contributed by atoms with Gasteiger partial charge < -0.3 is 0 Å². The van der Waals surface area contributed by atoms with Crippen molar-refractivity contribution in [2.24, 2.45) is 0 Å². The Balaban J connectivity index is 2.39. The van der Waals surface area contributed by atoms with Gasteiger partial charge in [-0.1, -0.05) is 39.7 Å². The van der Waals surface area contributed by atoms with E-state index in [1.165, 1.54) is 16.8 Å². The average Bonchev–Trinajstić information content (AvgIpc) is 2.87. The largest absolute Gasteiger partial charge is 0.290 e. The highest BCUT2D eigenvalue weighted by Gasteiger charge is 2.15. The van der Waals surface area contributed by atoms with E-state index < -0.39 is 4.92 Å². The fourth-order valence-corrected chi connectivity index (χ4v) is 1.94. The molecule has 2 rings (SSSR count). The van der Waals surface area contributed by atoms with E-state index in [2.05, 4.69) is 26.2 Å². The van der Waals surface area contributed by atoms with Crippen molar-refractivity contribution in [3.63, 3.8) is 0 Å². The van der Waals surface area contributed by atoms with Crippen molar-refractivity contribution in [2.45, 2.75) is 18.2 Å². The van der Waals surface area contributed by atoms with Crippen LogP contribution in [0, 0.1) is 10.1 Å². The molecular weight excluding hydrogens is 336 g/mol. The Labute approximate surface area is 122 Å². The van der Waals surface area contributed by atoms with E-state index >= 15 is 0 Å². The van der Waals surface area contributed by atoms with Gasteiger partial charge in [0.15, 0.2) is 0 Å². The summed E-state index contributed by atoms with van der Waals surface area (Å²) in [7, 11) is 0. The SMILES string of the molecule is CCC(Br)c1cn(-c2ccc(Cl)c([N+](=O)[O-])c2)nn1. The molecule has 0 fully saturated rings. The second kappa shape index (κ2) is 5.66. The standard InChI is InChI=1S/C11H10BrClN4O2/c1-2-8(12)10-6-16(15-14-10)7-3-4-9(13)11(5-7)17(18)19/h3-6,8H,2H2,1H3. The molecule has 1 unspecified atom stereocenters. The van der Waals surface area contributed by atoms with Crippen LogP contribution in [0.4, 0.5) is 5.69 Å². The molecule has 2 aromatic rings. The van der Waals surface area contributed by atoms with Crippen LogP contribution in [-0.4, -0.2) is 19.9 Å². The summed E-state index contributed by atoms with van der Waals surface area (Å²) in [5.41, 5.74) is 1.17. The first-order valence-corrected chi connectivity index (χ1v) is 6.83. The molecule has 0 N–H and O–H groups in total. The van der Waals surface area contributed by atoms with Gasteiger partial charge in [0, 0.05) is 6.07 Å². The van der Waals surface area contributed by atoms with E-state index in [9.17, 15) is 10.1 Å². The summed E-state index contributed by atoms with van der Waals surface area (Å²) >= 11 is 9.24. The highest BCUT2D eigenvalue weighted by atomic mass is 79.9. The molecule has 0 amide bonds. The molecule has 0 saturated carbocycles. The maximum Gasteiger partial charge on any atom is 0.290 e. The van der Waals surface area contributed by atoms with Crippen molar-refractivity contribution in [2.75, 3.05) is 0 Å². The fraction of sp³-hybridized carbons (Fsp3) is 0.273. The number of halogens is 2. The van der Waals surface area contributed by atoms with Crippen molar-refractivity contribution in [3.8, 4) is 5.69 Å². The van der Waals surface area contributed by atoms with Crippen LogP contribution in [0.2, 0.25) is 5.02 Å². The Morgan fingerprint density at radius 1 is 1.58 bits per heavy atom. The van der Waals surface area contributed by atoms with E-state index in [1.54, 1.807) is 12.3 Å². The van der Waals surface area contributed by atoms with Gasteiger partial charge in [-0.15, -0.1) is 5.10 Å². The second-order valence-corrected chi connectivity index (χ2v) is 5.37. The average molecular weight is 346 g/mol. The number of nitro groups is 1. The highest BCUT2D eigenvalue weighted by Crippen LogP contribution is 2.28. The normalized spacial score (nSPS) is 12.4. The first-order valence-electron chi connectivity index (χ1n) is 5.53. The van der Waals surface area contributed by atoms with Crippen LogP contribution in [-0.2, 0) is 0 Å². The second-order valence-electron chi connectivity index (χ2n) is 3.86. The zero-order valence-corrected chi connectivity index (χ0v) is 12.3. The third-order valence-corrected chi connectivity index (χ3v) is 4.02. The van der Waals surface area contributed by atoms with Gasteiger partial charge in [-0.05, 0) is 18.6 Å². The van der Waals surface area contributed by atoms with E-state index in [4.69, 9.17) is 11.6 Å². The number of hydrogen-bond donors (Lipinski definition) is 0. The van der Waals surface area contributed by atoms with Gasteiger partial charge in [0.1, 0.15) is 5.02 Å². The molecule has 0 aliphatic rings. The Bertz CT molecular complexity index is 616. The quantitative estimate of drug-likeness (QED) is 0.481. The molecule has 0 radical (unpaired) electrons. The molecule has 1 aromatic carbocycles. The van der Waals surface area contributed by atoms with Crippen LogP contribution in [0.5, 0.6) is 0 Å². The molecule has 6 nitrogen and oxygen atoms in total. The number of nitrogens with zero attached hydrogens (tertiary/aromatic N) is 4. The summed E-state index contributed by atoms with van der Waals surface area (Å²) in [5.74, 6) is 0. The van der Waals surface area contributed by atoms with Crippen LogP contribution in [0.25, 0.3) is 5.69 Å². The van der Waals surface area contributed by atoms with Gasteiger partial charge in [0.25, 0.3) is 5.69 Å². The Morgan fingerprint density at radius 3 is 2.95 bits per heavy atom. The lowest BCUT2D eigenvalue weighted by molar-refractivity contribution is -0.384. The molecule has 19 heavy (non-hydrogen) atoms. The van der Waals surface area contributed by atoms with Crippen molar-refractivity contribution in [1.29, 1.82) is 0 Å². The summed E-state index contributed by atoms with van der Waals surface area (Å²) in [4.78, 5) is 10.4. The van der Waals surface area contributed by atoms with Gasteiger partial charge in [-0.25, -0.2) is 4.68 Å². The van der Waals surface area contributed by atoms with Crippen molar-refractivity contribution >= 4 is 33.2 Å². The minimum atomic E-state index is -0.525. The Morgan fingerprint density at radius 2 is 2.32 bits per heavy atom. The lowest BCUT2D eigenvalue weighted by atomic mass is 10.2. The Hall–Kier alpha value is -1.47. The number of aromatic nitrogens is 3. The lowest BCUT2D eigenvalue weighted by Crippen LogP contribution is -1.97. The van der Waals surface area contributed by atoms with Crippen molar-refractivity contribution < 1.29 is 4.92 Å². The smallest absolute Gasteiger partial charge is 0.258 e. The third-order valence-electron chi connectivity index (χ3n) is 2.58. The summed E-state index contributed by atoms with van der Waals surface area (Å²) in [6.07, 6.45) is 2.61. The van der Waals surface area contributed by atoms with Gasteiger partial charge in [0.2, 0.25) is 0 Å². The maximum atomic E-state index is 10.8. The molecule has 0 spiro atoms. The number of hydrogen-bond acceptors (Lipinski definition) is 4. The predicted octanol–water partition coefficient (Wildman–Crippen LogP) is 3.67. The topological polar surface area (TPSA) is 73.8 Å². The number of rotatable bonds is 4. The summed E-state index contributed by atoms with van der Waals surface area (Å²) in [6, 6.07) is 4.50. The minimum absolute atomic E-state index is 0.0982. The van der Waals surface area contributed by atoms with Gasteiger partial charge >= 0.3 is 0 Å². The zero-order valence-electron chi connectivity index (χ0n) is 9.96. The van der Waals surface area contributed by atoms with E-state index in [0.29, 0.717) is 5.69 Å². The molecule has 0 aliphatic heterocycles. The summed E-state index contributed by atoms with van der Waals surface area (Å²) in [6.45, 7) is 2.02. The fourth-order valence-electron chi connectivity index (χ4n) is 1.54. The van der Waals surface area contributed by atoms with Gasteiger partial charge in [-0.2, -0.15) is 0 Å². The molecule has 0 saturated heterocycles. The number of benzene rings is 1. The molecule has 1 atom stereocenters. The molecule has 100 valence electrons.